The second-order valence-electron chi connectivity index (χ2n) is 3.89. The van der Waals surface area contributed by atoms with Crippen LogP contribution in [0.25, 0.3) is 0 Å². The molecule has 0 radical (unpaired) electrons. The van der Waals surface area contributed by atoms with Gasteiger partial charge in [0.05, 0.1) is 14.2 Å². The fourth-order valence-corrected chi connectivity index (χ4v) is 1.65. The molecule has 1 rings (SSSR count). The van der Waals surface area contributed by atoms with Gasteiger partial charge in [-0.05, 0) is 24.6 Å². The lowest BCUT2D eigenvalue weighted by atomic mass is 10.1. The Morgan fingerprint density at radius 3 is 2.26 bits per heavy atom. The third kappa shape index (κ3) is 4.13. The normalized spacial score (nSPS) is 13.3. The molecule has 0 saturated heterocycles. The van der Waals surface area contributed by atoms with Gasteiger partial charge in [0, 0.05) is 0 Å². The Labute approximate surface area is 116 Å². The maximum atomic E-state index is 11.8. The van der Waals surface area contributed by atoms with Crippen molar-refractivity contribution in [3.05, 3.63) is 29.8 Å². The molecule has 0 fully saturated rings. The lowest BCUT2D eigenvalue weighted by molar-refractivity contribution is -0.144. The van der Waals surface area contributed by atoms with Crippen LogP contribution in [-0.4, -0.2) is 32.1 Å². The molecule has 0 bridgehead atoms. The molecule has 0 aliphatic carbocycles. The molecule has 0 aromatic heterocycles. The molecule has 104 valence electrons. The van der Waals surface area contributed by atoms with Crippen LogP contribution in [0, 0.1) is 0 Å². The number of hydrogen-bond acceptors (Lipinski definition) is 4. The van der Waals surface area contributed by atoms with E-state index in [-0.39, 0.29) is 0 Å². The lowest BCUT2D eigenvalue weighted by Gasteiger charge is -2.15. The highest BCUT2D eigenvalue weighted by atomic mass is 35.5. The molecule has 2 atom stereocenters. The van der Waals surface area contributed by atoms with Gasteiger partial charge in [0.15, 0.2) is 0 Å². The van der Waals surface area contributed by atoms with Gasteiger partial charge in [-0.15, -0.1) is 11.6 Å². The summed E-state index contributed by atoms with van der Waals surface area (Å²) < 4.78 is 9.53. The number of benzene rings is 1. The molecule has 1 N–H and O–H groups in total. The summed E-state index contributed by atoms with van der Waals surface area (Å²) in [6.45, 7) is 1.53. The summed E-state index contributed by atoms with van der Waals surface area (Å²) in [6, 6.07) is 6.07. The third-order valence-corrected chi connectivity index (χ3v) is 3.00. The summed E-state index contributed by atoms with van der Waals surface area (Å²) in [7, 11) is 2.81. The third-order valence-electron chi connectivity index (χ3n) is 2.55. The van der Waals surface area contributed by atoms with Crippen molar-refractivity contribution in [3.8, 4) is 5.75 Å². The van der Waals surface area contributed by atoms with Crippen LogP contribution in [0.2, 0.25) is 0 Å². The minimum absolute atomic E-state index is 0.454. The van der Waals surface area contributed by atoms with Crippen LogP contribution in [0.15, 0.2) is 24.3 Å². The molecule has 1 amide bonds. The highest BCUT2D eigenvalue weighted by Gasteiger charge is 2.22. The number of halogens is 1. The molecule has 0 saturated carbocycles. The number of hydrogen-bond donors (Lipinski definition) is 1. The Balaban J connectivity index is 2.68. The van der Waals surface area contributed by atoms with Gasteiger partial charge in [0.1, 0.15) is 17.2 Å². The largest absolute Gasteiger partial charge is 0.497 e. The fourth-order valence-electron chi connectivity index (χ4n) is 1.45. The van der Waals surface area contributed by atoms with Gasteiger partial charge < -0.3 is 14.8 Å². The van der Waals surface area contributed by atoms with Crippen LogP contribution in [0.5, 0.6) is 5.75 Å². The molecule has 2 unspecified atom stereocenters. The first-order chi connectivity index (χ1) is 8.99. The first-order valence-corrected chi connectivity index (χ1v) is 6.09. The fraction of sp³-hybridized carbons (Fsp3) is 0.385. The van der Waals surface area contributed by atoms with Crippen LogP contribution in [0.3, 0.4) is 0 Å². The Bertz CT molecular complexity index is 446. The van der Waals surface area contributed by atoms with E-state index in [2.05, 4.69) is 10.1 Å². The van der Waals surface area contributed by atoms with E-state index < -0.39 is 23.3 Å². The molecule has 0 aliphatic heterocycles. The average molecular weight is 286 g/mol. The highest BCUT2D eigenvalue weighted by molar-refractivity contribution is 6.30. The summed E-state index contributed by atoms with van der Waals surface area (Å²) >= 11 is 6.04. The maximum absolute atomic E-state index is 11.8. The van der Waals surface area contributed by atoms with Gasteiger partial charge in [-0.1, -0.05) is 12.1 Å². The van der Waals surface area contributed by atoms with E-state index in [1.165, 1.54) is 14.0 Å². The zero-order chi connectivity index (χ0) is 14.4. The maximum Gasteiger partial charge on any atom is 0.328 e. The van der Waals surface area contributed by atoms with Gasteiger partial charge in [-0.3, -0.25) is 4.79 Å². The van der Waals surface area contributed by atoms with Gasteiger partial charge in [0.2, 0.25) is 5.91 Å². The summed E-state index contributed by atoms with van der Waals surface area (Å²) in [4.78, 5) is 23.0. The quantitative estimate of drug-likeness (QED) is 0.660. The standard InChI is InChI=1S/C13H16ClNO4/c1-8(13(17)19-3)15-12(16)11(14)9-4-6-10(18-2)7-5-9/h4-8,11H,1-3H3,(H,15,16). The number of alkyl halides is 1. The van der Waals surface area contributed by atoms with Crippen LogP contribution in [0.1, 0.15) is 17.9 Å². The number of esters is 1. The Morgan fingerprint density at radius 2 is 1.79 bits per heavy atom. The summed E-state index contributed by atoms with van der Waals surface area (Å²) in [5.74, 6) is -0.298. The molecule has 19 heavy (non-hydrogen) atoms. The minimum Gasteiger partial charge on any atom is -0.497 e. The Morgan fingerprint density at radius 1 is 1.21 bits per heavy atom. The summed E-state index contributed by atoms with van der Waals surface area (Å²) in [5.41, 5.74) is 0.622. The first kappa shape index (κ1) is 15.3. The molecule has 5 nitrogen and oxygen atoms in total. The first-order valence-electron chi connectivity index (χ1n) is 5.65. The van der Waals surface area contributed by atoms with Gasteiger partial charge in [-0.25, -0.2) is 4.79 Å². The van der Waals surface area contributed by atoms with E-state index in [0.717, 1.165) is 0 Å². The minimum atomic E-state index is -0.877. The lowest BCUT2D eigenvalue weighted by Crippen LogP contribution is -2.40. The topological polar surface area (TPSA) is 64.6 Å². The second kappa shape index (κ2) is 6.99. The van der Waals surface area contributed by atoms with Crippen molar-refractivity contribution in [1.82, 2.24) is 5.32 Å². The van der Waals surface area contributed by atoms with E-state index in [9.17, 15) is 9.59 Å². The number of rotatable bonds is 5. The number of carbonyl (C=O) groups is 2. The second-order valence-corrected chi connectivity index (χ2v) is 4.33. The monoisotopic (exact) mass is 285 g/mol. The molecule has 1 aromatic rings. The van der Waals surface area contributed by atoms with E-state index >= 15 is 0 Å². The number of nitrogens with one attached hydrogen (secondary N) is 1. The van der Waals surface area contributed by atoms with Gasteiger partial charge >= 0.3 is 5.97 Å². The van der Waals surface area contributed by atoms with Crippen molar-refractivity contribution in [2.45, 2.75) is 18.3 Å². The molecule has 1 aromatic carbocycles. The van der Waals surface area contributed by atoms with Crippen LogP contribution < -0.4 is 10.1 Å². The molecule has 0 aliphatic rings. The predicted molar refractivity (Wildman–Crippen MR) is 71.2 cm³/mol. The van der Waals surface area contributed by atoms with Crippen LogP contribution in [0.4, 0.5) is 0 Å². The number of methoxy groups -OCH3 is 2. The number of ether oxygens (including phenoxy) is 2. The van der Waals surface area contributed by atoms with Crippen molar-refractivity contribution >= 4 is 23.5 Å². The summed E-state index contributed by atoms with van der Waals surface area (Å²) in [5, 5.41) is 1.60. The van der Waals surface area contributed by atoms with Gasteiger partial charge in [-0.2, -0.15) is 0 Å². The zero-order valence-corrected chi connectivity index (χ0v) is 11.7. The predicted octanol–water partition coefficient (Wildman–Crippen LogP) is 1.65. The van der Waals surface area contributed by atoms with Crippen molar-refractivity contribution in [2.75, 3.05) is 14.2 Å². The summed E-state index contributed by atoms with van der Waals surface area (Å²) in [6.07, 6.45) is 0. The van der Waals surface area contributed by atoms with E-state index in [1.807, 2.05) is 0 Å². The molecule has 0 spiro atoms. The Kier molecular flexibility index (Phi) is 5.63. The van der Waals surface area contributed by atoms with Crippen molar-refractivity contribution in [2.24, 2.45) is 0 Å². The molecule has 6 heteroatoms. The smallest absolute Gasteiger partial charge is 0.328 e. The molecular formula is C13H16ClNO4. The van der Waals surface area contributed by atoms with Crippen molar-refractivity contribution in [1.29, 1.82) is 0 Å². The number of carbonyl (C=O) groups excluding carboxylic acids is 2. The van der Waals surface area contributed by atoms with Crippen molar-refractivity contribution < 1.29 is 19.1 Å². The SMILES string of the molecule is COC(=O)C(C)NC(=O)C(Cl)c1ccc(OC)cc1. The van der Waals surface area contributed by atoms with E-state index in [0.29, 0.717) is 11.3 Å². The van der Waals surface area contributed by atoms with E-state index in [1.54, 1.807) is 31.4 Å². The van der Waals surface area contributed by atoms with Crippen molar-refractivity contribution in [3.63, 3.8) is 0 Å². The molecular weight excluding hydrogens is 270 g/mol. The van der Waals surface area contributed by atoms with E-state index in [4.69, 9.17) is 16.3 Å². The van der Waals surface area contributed by atoms with Crippen LogP contribution >= 0.6 is 11.6 Å². The number of amides is 1. The zero-order valence-electron chi connectivity index (χ0n) is 11.0. The van der Waals surface area contributed by atoms with Crippen LogP contribution in [-0.2, 0) is 14.3 Å². The highest BCUT2D eigenvalue weighted by Crippen LogP contribution is 2.23. The average Bonchev–Trinajstić information content (AvgIpc) is 2.45. The van der Waals surface area contributed by atoms with Gasteiger partial charge in [0.25, 0.3) is 0 Å². The Hall–Kier alpha value is -1.75. The molecule has 0 heterocycles.